The Morgan fingerprint density at radius 2 is 2.20 bits per heavy atom. The van der Waals surface area contributed by atoms with Crippen LogP contribution in [-0.2, 0) is 9.84 Å². The summed E-state index contributed by atoms with van der Waals surface area (Å²) in [7, 11) is -3.05. The van der Waals surface area contributed by atoms with Crippen LogP contribution in [0.3, 0.4) is 0 Å². The summed E-state index contributed by atoms with van der Waals surface area (Å²) in [6.45, 7) is 2.22. The lowest BCUT2D eigenvalue weighted by Crippen LogP contribution is -2.41. The molecule has 1 aliphatic heterocycles. The molecule has 1 aliphatic rings. The lowest BCUT2D eigenvalue weighted by atomic mass is 10.1. The van der Waals surface area contributed by atoms with Crippen molar-refractivity contribution in [2.75, 3.05) is 18.1 Å². The second kappa shape index (κ2) is 5.87. The molecule has 110 valence electrons. The Morgan fingerprint density at radius 3 is 2.75 bits per heavy atom. The first-order chi connectivity index (χ1) is 9.34. The van der Waals surface area contributed by atoms with Crippen LogP contribution >= 0.6 is 23.2 Å². The van der Waals surface area contributed by atoms with Gasteiger partial charge < -0.3 is 4.90 Å². The van der Waals surface area contributed by atoms with Gasteiger partial charge in [-0.15, -0.1) is 0 Å². The van der Waals surface area contributed by atoms with E-state index < -0.39 is 9.84 Å². The van der Waals surface area contributed by atoms with Crippen LogP contribution in [0.15, 0.2) is 12.3 Å². The molecule has 0 N–H and O–H groups in total. The molecule has 2 rings (SSSR count). The van der Waals surface area contributed by atoms with Crippen molar-refractivity contribution in [3.8, 4) is 0 Å². The number of sulfone groups is 1. The maximum atomic E-state index is 12.5. The van der Waals surface area contributed by atoms with E-state index in [9.17, 15) is 13.2 Å². The van der Waals surface area contributed by atoms with Gasteiger partial charge in [0.2, 0.25) is 0 Å². The number of hydrogen-bond donors (Lipinski definition) is 0. The smallest absolute Gasteiger partial charge is 0.255 e. The molecule has 1 aromatic rings. The fourth-order valence-electron chi connectivity index (χ4n) is 2.32. The van der Waals surface area contributed by atoms with E-state index in [2.05, 4.69) is 4.98 Å². The minimum Gasteiger partial charge on any atom is -0.335 e. The van der Waals surface area contributed by atoms with Crippen LogP contribution in [0.1, 0.15) is 23.7 Å². The molecule has 0 aliphatic carbocycles. The lowest BCUT2D eigenvalue weighted by Gasteiger charge is -2.27. The zero-order valence-corrected chi connectivity index (χ0v) is 13.2. The maximum absolute atomic E-state index is 12.5. The number of rotatable bonds is 3. The number of aromatic nitrogens is 1. The zero-order valence-electron chi connectivity index (χ0n) is 10.8. The van der Waals surface area contributed by atoms with Gasteiger partial charge in [-0.1, -0.05) is 23.2 Å². The molecule has 1 unspecified atom stereocenters. The molecule has 1 amide bonds. The van der Waals surface area contributed by atoms with Crippen molar-refractivity contribution in [1.29, 1.82) is 0 Å². The van der Waals surface area contributed by atoms with E-state index in [1.807, 2.05) is 0 Å². The highest BCUT2D eigenvalue weighted by Crippen LogP contribution is 2.24. The first kappa shape index (κ1) is 15.5. The molecule has 2 heterocycles. The second-order valence-electron chi connectivity index (χ2n) is 4.63. The van der Waals surface area contributed by atoms with Crippen molar-refractivity contribution in [3.05, 3.63) is 28.0 Å². The van der Waals surface area contributed by atoms with Crippen LogP contribution in [0.25, 0.3) is 0 Å². The lowest BCUT2D eigenvalue weighted by molar-refractivity contribution is 0.0708. The summed E-state index contributed by atoms with van der Waals surface area (Å²) in [6, 6.07) is 1.10. The van der Waals surface area contributed by atoms with Crippen molar-refractivity contribution >= 4 is 38.9 Å². The predicted octanol–water partition coefficient (Wildman–Crippen LogP) is 2.04. The predicted molar refractivity (Wildman–Crippen MR) is 78.0 cm³/mol. The van der Waals surface area contributed by atoms with Crippen LogP contribution in [-0.4, -0.2) is 48.3 Å². The van der Waals surface area contributed by atoms with Gasteiger partial charge in [0.15, 0.2) is 9.84 Å². The number of hydrogen-bond acceptors (Lipinski definition) is 4. The molecular weight excluding hydrogens is 323 g/mol. The fraction of sp³-hybridized carbons (Fsp3) is 0.500. The van der Waals surface area contributed by atoms with Gasteiger partial charge in [0.25, 0.3) is 5.91 Å². The van der Waals surface area contributed by atoms with Crippen LogP contribution in [0, 0.1) is 0 Å². The minimum atomic E-state index is -3.05. The largest absolute Gasteiger partial charge is 0.335 e. The summed E-state index contributed by atoms with van der Waals surface area (Å²) < 4.78 is 23.1. The molecule has 8 heteroatoms. The summed E-state index contributed by atoms with van der Waals surface area (Å²) in [5.74, 6) is -0.196. The van der Waals surface area contributed by atoms with Gasteiger partial charge in [-0.05, 0) is 19.4 Å². The normalized spacial score (nSPS) is 20.9. The van der Waals surface area contributed by atoms with Crippen LogP contribution in [0.2, 0.25) is 10.2 Å². The number of carbonyl (C=O) groups excluding carboxylic acids is 1. The van der Waals surface area contributed by atoms with Crippen molar-refractivity contribution in [1.82, 2.24) is 9.88 Å². The average Bonchev–Trinajstić information content (AvgIpc) is 2.73. The highest BCUT2D eigenvalue weighted by molar-refractivity contribution is 7.91. The quantitative estimate of drug-likeness (QED) is 0.792. The average molecular weight is 337 g/mol. The molecule has 0 aromatic carbocycles. The minimum absolute atomic E-state index is 0.00299. The standard InChI is InChI=1S/C12H14Cl2N2O3S/c1-2-16(8-3-4-20(18,19)7-8)12(17)9-5-11(14)15-6-10(9)13/h5-6,8H,2-4,7H2,1H3. The Bertz CT molecular complexity index is 634. The van der Waals surface area contributed by atoms with Crippen molar-refractivity contribution in [2.45, 2.75) is 19.4 Å². The molecule has 0 saturated carbocycles. The van der Waals surface area contributed by atoms with Crippen molar-refractivity contribution < 1.29 is 13.2 Å². The van der Waals surface area contributed by atoms with Crippen LogP contribution in [0.4, 0.5) is 0 Å². The van der Waals surface area contributed by atoms with E-state index in [-0.39, 0.29) is 39.2 Å². The van der Waals surface area contributed by atoms with Crippen molar-refractivity contribution in [2.24, 2.45) is 0 Å². The summed E-state index contributed by atoms with van der Waals surface area (Å²) in [5.41, 5.74) is 0.248. The van der Waals surface area contributed by atoms with Gasteiger partial charge >= 0.3 is 0 Å². The van der Waals surface area contributed by atoms with Gasteiger partial charge in [-0.3, -0.25) is 4.79 Å². The molecule has 1 aromatic heterocycles. The van der Waals surface area contributed by atoms with Gasteiger partial charge in [0.05, 0.1) is 22.1 Å². The summed E-state index contributed by atoms with van der Waals surface area (Å²) >= 11 is 11.7. The third-order valence-corrected chi connectivity index (χ3v) is 5.56. The van der Waals surface area contributed by atoms with E-state index in [1.165, 1.54) is 17.2 Å². The monoisotopic (exact) mass is 336 g/mol. The third kappa shape index (κ3) is 3.24. The molecule has 1 atom stereocenters. The third-order valence-electron chi connectivity index (χ3n) is 3.30. The van der Waals surface area contributed by atoms with Gasteiger partial charge in [-0.25, -0.2) is 13.4 Å². The van der Waals surface area contributed by atoms with E-state index in [1.54, 1.807) is 6.92 Å². The summed E-state index contributed by atoms with van der Waals surface area (Å²) in [4.78, 5) is 17.8. The SMILES string of the molecule is CCN(C(=O)c1cc(Cl)ncc1Cl)C1CCS(=O)(=O)C1. The van der Waals surface area contributed by atoms with E-state index >= 15 is 0 Å². The Labute approximate surface area is 127 Å². The second-order valence-corrected chi connectivity index (χ2v) is 7.66. The highest BCUT2D eigenvalue weighted by Gasteiger charge is 2.34. The van der Waals surface area contributed by atoms with E-state index in [4.69, 9.17) is 23.2 Å². The number of carbonyl (C=O) groups is 1. The van der Waals surface area contributed by atoms with E-state index in [0.29, 0.717) is 13.0 Å². The molecular formula is C12H14Cl2N2O3S. The fourth-order valence-corrected chi connectivity index (χ4v) is 4.39. The molecule has 0 radical (unpaired) electrons. The molecule has 0 spiro atoms. The van der Waals surface area contributed by atoms with Gasteiger partial charge in [0, 0.05) is 18.8 Å². The molecule has 20 heavy (non-hydrogen) atoms. The zero-order chi connectivity index (χ0) is 14.9. The maximum Gasteiger partial charge on any atom is 0.255 e. The Kier molecular flexibility index (Phi) is 4.56. The number of nitrogens with zero attached hydrogens (tertiary/aromatic N) is 2. The van der Waals surface area contributed by atoms with E-state index in [0.717, 1.165) is 0 Å². The van der Waals surface area contributed by atoms with Gasteiger partial charge in [-0.2, -0.15) is 0 Å². The number of halogens is 2. The highest BCUT2D eigenvalue weighted by atomic mass is 35.5. The topological polar surface area (TPSA) is 67.3 Å². The first-order valence-electron chi connectivity index (χ1n) is 6.16. The molecule has 5 nitrogen and oxygen atoms in total. The van der Waals surface area contributed by atoms with Crippen LogP contribution < -0.4 is 0 Å². The molecule has 1 saturated heterocycles. The number of amides is 1. The Morgan fingerprint density at radius 1 is 1.50 bits per heavy atom. The molecule has 1 fully saturated rings. The summed E-state index contributed by atoms with van der Waals surface area (Å²) in [5, 5.41) is 0.381. The summed E-state index contributed by atoms with van der Waals surface area (Å²) in [6.07, 6.45) is 1.77. The number of pyridine rings is 1. The van der Waals surface area contributed by atoms with Gasteiger partial charge in [0.1, 0.15) is 5.15 Å². The first-order valence-corrected chi connectivity index (χ1v) is 8.74. The molecule has 0 bridgehead atoms. The Balaban J connectivity index is 2.28. The van der Waals surface area contributed by atoms with Crippen LogP contribution in [0.5, 0.6) is 0 Å². The van der Waals surface area contributed by atoms with Crippen molar-refractivity contribution in [3.63, 3.8) is 0 Å². The Hall–Kier alpha value is -0.850.